The summed E-state index contributed by atoms with van der Waals surface area (Å²) in [6.07, 6.45) is -0.850. The highest BCUT2D eigenvalue weighted by molar-refractivity contribution is 5.92. The maximum absolute atomic E-state index is 11.9. The number of carbonyl (C=O) groups excluding carboxylic acids is 2. The first-order valence-corrected chi connectivity index (χ1v) is 6.95. The molecule has 0 bridgehead atoms. The van der Waals surface area contributed by atoms with E-state index in [2.05, 4.69) is 10.6 Å². The van der Waals surface area contributed by atoms with E-state index in [4.69, 9.17) is 0 Å². The molecule has 2 aromatic carbocycles. The Kier molecular flexibility index (Phi) is 5.27. The maximum Gasteiger partial charge on any atom is 0.227 e. The molecule has 0 saturated heterocycles. The SMILES string of the molecule is CC(=O)Nc1ccc(NC(=O)CC(O)c2ccccc2)cc1. The zero-order valence-electron chi connectivity index (χ0n) is 12.2. The van der Waals surface area contributed by atoms with Gasteiger partial charge in [-0.15, -0.1) is 0 Å². The highest BCUT2D eigenvalue weighted by Crippen LogP contribution is 2.18. The monoisotopic (exact) mass is 298 g/mol. The summed E-state index contributed by atoms with van der Waals surface area (Å²) in [6.45, 7) is 1.43. The molecule has 5 nitrogen and oxygen atoms in total. The van der Waals surface area contributed by atoms with Crippen molar-refractivity contribution in [1.82, 2.24) is 0 Å². The second-order valence-electron chi connectivity index (χ2n) is 4.94. The Bertz CT molecular complexity index is 639. The van der Waals surface area contributed by atoms with Crippen LogP contribution >= 0.6 is 0 Å². The first-order chi connectivity index (χ1) is 10.5. The first-order valence-electron chi connectivity index (χ1n) is 6.95. The summed E-state index contributed by atoms with van der Waals surface area (Å²) in [5, 5.41) is 15.4. The van der Waals surface area contributed by atoms with Gasteiger partial charge in [0, 0.05) is 18.3 Å². The zero-order valence-corrected chi connectivity index (χ0v) is 12.2. The van der Waals surface area contributed by atoms with Crippen LogP contribution in [-0.2, 0) is 9.59 Å². The van der Waals surface area contributed by atoms with Gasteiger partial charge >= 0.3 is 0 Å². The molecule has 2 aromatic rings. The summed E-state index contributed by atoms with van der Waals surface area (Å²) in [5.74, 6) is -0.425. The quantitative estimate of drug-likeness (QED) is 0.794. The number of nitrogens with one attached hydrogen (secondary N) is 2. The Morgan fingerprint density at radius 3 is 2.05 bits per heavy atom. The highest BCUT2D eigenvalue weighted by atomic mass is 16.3. The predicted molar refractivity (Wildman–Crippen MR) is 85.4 cm³/mol. The van der Waals surface area contributed by atoms with Crippen molar-refractivity contribution in [2.45, 2.75) is 19.4 Å². The number of aliphatic hydroxyl groups excluding tert-OH is 1. The molecule has 5 heteroatoms. The lowest BCUT2D eigenvalue weighted by atomic mass is 10.1. The number of hydrogen-bond acceptors (Lipinski definition) is 3. The van der Waals surface area contributed by atoms with Crippen LogP contribution in [0.4, 0.5) is 11.4 Å². The number of anilines is 2. The molecule has 0 aromatic heterocycles. The summed E-state index contributed by atoms with van der Waals surface area (Å²) in [7, 11) is 0. The lowest BCUT2D eigenvalue weighted by Gasteiger charge is -2.11. The predicted octanol–water partition coefficient (Wildman–Crippen LogP) is 2.71. The second-order valence-corrected chi connectivity index (χ2v) is 4.94. The lowest BCUT2D eigenvalue weighted by molar-refractivity contribution is -0.118. The highest BCUT2D eigenvalue weighted by Gasteiger charge is 2.12. The third-order valence-corrected chi connectivity index (χ3v) is 3.05. The van der Waals surface area contributed by atoms with Gasteiger partial charge in [-0.2, -0.15) is 0 Å². The lowest BCUT2D eigenvalue weighted by Crippen LogP contribution is -2.15. The number of rotatable bonds is 5. The fraction of sp³-hybridized carbons (Fsp3) is 0.176. The van der Waals surface area contributed by atoms with Crippen molar-refractivity contribution >= 4 is 23.2 Å². The minimum absolute atomic E-state index is 0.0164. The Morgan fingerprint density at radius 1 is 0.955 bits per heavy atom. The molecule has 0 saturated carbocycles. The van der Waals surface area contributed by atoms with Crippen LogP contribution in [0, 0.1) is 0 Å². The molecule has 1 unspecified atom stereocenters. The minimum atomic E-state index is -0.833. The van der Waals surface area contributed by atoms with Crippen molar-refractivity contribution in [3.63, 3.8) is 0 Å². The van der Waals surface area contributed by atoms with Crippen LogP contribution < -0.4 is 10.6 Å². The smallest absolute Gasteiger partial charge is 0.227 e. The van der Waals surface area contributed by atoms with Crippen molar-refractivity contribution in [3.8, 4) is 0 Å². The number of amides is 2. The summed E-state index contributed by atoms with van der Waals surface area (Å²) < 4.78 is 0. The van der Waals surface area contributed by atoms with Gasteiger partial charge in [-0.25, -0.2) is 0 Å². The molecular weight excluding hydrogens is 280 g/mol. The number of aliphatic hydroxyl groups is 1. The standard InChI is InChI=1S/C17H18N2O3/c1-12(20)18-14-7-9-15(10-8-14)19-17(22)11-16(21)13-5-3-2-4-6-13/h2-10,16,21H,11H2,1H3,(H,18,20)(H,19,22). The molecule has 0 aliphatic heterocycles. The first kappa shape index (κ1) is 15.7. The van der Waals surface area contributed by atoms with E-state index in [-0.39, 0.29) is 18.2 Å². The Morgan fingerprint density at radius 2 is 1.50 bits per heavy atom. The summed E-state index contributed by atoms with van der Waals surface area (Å²) in [6, 6.07) is 15.8. The van der Waals surface area contributed by atoms with E-state index in [0.717, 1.165) is 0 Å². The number of hydrogen-bond donors (Lipinski definition) is 3. The average molecular weight is 298 g/mol. The van der Waals surface area contributed by atoms with Gasteiger partial charge < -0.3 is 15.7 Å². The van der Waals surface area contributed by atoms with Crippen LogP contribution in [0.2, 0.25) is 0 Å². The maximum atomic E-state index is 11.9. The molecule has 114 valence electrons. The van der Waals surface area contributed by atoms with E-state index in [1.54, 1.807) is 36.4 Å². The van der Waals surface area contributed by atoms with Crippen molar-refractivity contribution in [2.75, 3.05) is 10.6 Å². The fourth-order valence-electron chi connectivity index (χ4n) is 2.02. The minimum Gasteiger partial charge on any atom is -0.388 e. The number of carbonyl (C=O) groups is 2. The van der Waals surface area contributed by atoms with Crippen LogP contribution in [-0.4, -0.2) is 16.9 Å². The van der Waals surface area contributed by atoms with Gasteiger partial charge in [0.05, 0.1) is 12.5 Å². The van der Waals surface area contributed by atoms with Crippen LogP contribution in [0.3, 0.4) is 0 Å². The molecule has 1 atom stereocenters. The van der Waals surface area contributed by atoms with E-state index in [9.17, 15) is 14.7 Å². The molecule has 0 aliphatic carbocycles. The van der Waals surface area contributed by atoms with Gasteiger partial charge in [0.15, 0.2) is 0 Å². The zero-order chi connectivity index (χ0) is 15.9. The van der Waals surface area contributed by atoms with Gasteiger partial charge in [0.1, 0.15) is 0 Å². The van der Waals surface area contributed by atoms with Crippen LogP contribution in [0.15, 0.2) is 54.6 Å². The third kappa shape index (κ3) is 4.71. The molecule has 0 radical (unpaired) electrons. The topological polar surface area (TPSA) is 78.4 Å². The fourth-order valence-corrected chi connectivity index (χ4v) is 2.02. The molecular formula is C17H18N2O3. The van der Waals surface area contributed by atoms with Crippen LogP contribution in [0.25, 0.3) is 0 Å². The largest absolute Gasteiger partial charge is 0.388 e. The van der Waals surface area contributed by atoms with Crippen molar-refractivity contribution in [1.29, 1.82) is 0 Å². The summed E-state index contributed by atoms with van der Waals surface area (Å²) in [4.78, 5) is 22.8. The molecule has 2 amide bonds. The molecule has 0 fully saturated rings. The van der Waals surface area contributed by atoms with Gasteiger partial charge in [-0.05, 0) is 29.8 Å². The molecule has 0 spiro atoms. The normalized spacial score (nSPS) is 11.5. The Labute approximate surface area is 129 Å². The molecule has 2 rings (SSSR count). The van der Waals surface area contributed by atoms with Crippen molar-refractivity contribution in [3.05, 3.63) is 60.2 Å². The van der Waals surface area contributed by atoms with Crippen LogP contribution in [0.5, 0.6) is 0 Å². The summed E-state index contributed by atoms with van der Waals surface area (Å²) >= 11 is 0. The molecule has 3 N–H and O–H groups in total. The third-order valence-electron chi connectivity index (χ3n) is 3.05. The Balaban J connectivity index is 1.90. The van der Waals surface area contributed by atoms with Gasteiger partial charge in [-0.3, -0.25) is 9.59 Å². The average Bonchev–Trinajstić information content (AvgIpc) is 2.49. The number of benzene rings is 2. The van der Waals surface area contributed by atoms with E-state index in [0.29, 0.717) is 16.9 Å². The van der Waals surface area contributed by atoms with E-state index in [1.165, 1.54) is 6.92 Å². The summed E-state index contributed by atoms with van der Waals surface area (Å²) in [5.41, 5.74) is 1.98. The van der Waals surface area contributed by atoms with E-state index in [1.807, 2.05) is 18.2 Å². The van der Waals surface area contributed by atoms with Crippen LogP contribution in [0.1, 0.15) is 25.0 Å². The van der Waals surface area contributed by atoms with Gasteiger partial charge in [0.25, 0.3) is 0 Å². The van der Waals surface area contributed by atoms with Gasteiger partial charge in [0.2, 0.25) is 11.8 Å². The van der Waals surface area contributed by atoms with Crippen molar-refractivity contribution < 1.29 is 14.7 Å². The van der Waals surface area contributed by atoms with E-state index < -0.39 is 6.10 Å². The van der Waals surface area contributed by atoms with Gasteiger partial charge in [-0.1, -0.05) is 30.3 Å². The second kappa shape index (κ2) is 7.38. The molecule has 22 heavy (non-hydrogen) atoms. The molecule has 0 aliphatic rings. The Hall–Kier alpha value is -2.66. The van der Waals surface area contributed by atoms with E-state index >= 15 is 0 Å². The van der Waals surface area contributed by atoms with Crippen molar-refractivity contribution in [2.24, 2.45) is 0 Å². The molecule has 0 heterocycles.